The highest BCUT2D eigenvalue weighted by molar-refractivity contribution is 6.39. The zero-order valence-electron chi connectivity index (χ0n) is 15.4. The smallest absolute Gasteiger partial charge is 0.379 e. The van der Waals surface area contributed by atoms with Gasteiger partial charge in [-0.2, -0.15) is 0 Å². The minimum Gasteiger partial charge on any atom is -0.507 e. The van der Waals surface area contributed by atoms with Crippen molar-refractivity contribution in [3.05, 3.63) is 75.3 Å². The fraction of sp³-hybridized carbons (Fsp3) is 0.200. The second kappa shape index (κ2) is 9.31. The fourth-order valence-electron chi connectivity index (χ4n) is 2.26. The van der Waals surface area contributed by atoms with Crippen LogP contribution in [0.4, 0.5) is 5.69 Å². The molecule has 0 heterocycles. The van der Waals surface area contributed by atoms with E-state index < -0.39 is 22.4 Å². The van der Waals surface area contributed by atoms with Gasteiger partial charge >= 0.3 is 11.7 Å². The van der Waals surface area contributed by atoms with Gasteiger partial charge in [0.25, 0.3) is 5.78 Å². The molecule has 0 saturated carbocycles. The van der Waals surface area contributed by atoms with Crippen LogP contribution in [0.15, 0.2) is 48.5 Å². The van der Waals surface area contributed by atoms with Crippen LogP contribution in [0.2, 0.25) is 0 Å². The summed E-state index contributed by atoms with van der Waals surface area (Å²) >= 11 is 0. The Morgan fingerprint density at radius 2 is 1.86 bits per heavy atom. The van der Waals surface area contributed by atoms with Crippen LogP contribution in [0.25, 0.3) is 5.76 Å². The summed E-state index contributed by atoms with van der Waals surface area (Å²) in [6, 6.07) is 11.2. The van der Waals surface area contributed by atoms with Crippen molar-refractivity contribution < 1.29 is 29.1 Å². The number of ether oxygens (including phenoxy) is 2. The van der Waals surface area contributed by atoms with Crippen LogP contribution >= 0.6 is 0 Å². The van der Waals surface area contributed by atoms with Crippen molar-refractivity contribution in [1.29, 1.82) is 0 Å². The number of nitro benzene ring substituents is 1. The van der Waals surface area contributed by atoms with Crippen molar-refractivity contribution in [3.8, 4) is 5.75 Å². The molecule has 0 radical (unpaired) electrons. The molecule has 0 bridgehead atoms. The second-order valence-corrected chi connectivity index (χ2v) is 5.83. The van der Waals surface area contributed by atoms with Gasteiger partial charge in [-0.1, -0.05) is 29.8 Å². The zero-order chi connectivity index (χ0) is 20.7. The van der Waals surface area contributed by atoms with Crippen LogP contribution < -0.4 is 4.74 Å². The second-order valence-electron chi connectivity index (χ2n) is 5.83. The molecule has 2 aromatic rings. The van der Waals surface area contributed by atoms with Gasteiger partial charge in [0.1, 0.15) is 12.4 Å². The molecule has 0 aliphatic rings. The Kier molecular flexibility index (Phi) is 6.86. The van der Waals surface area contributed by atoms with Gasteiger partial charge in [-0.15, -0.1) is 0 Å². The summed E-state index contributed by atoms with van der Waals surface area (Å²) in [6.45, 7) is 3.62. The monoisotopic (exact) mass is 385 g/mol. The number of aliphatic hydroxyl groups excluding tert-OH is 1. The highest BCUT2D eigenvalue weighted by atomic mass is 16.6. The third-order valence-electron chi connectivity index (χ3n) is 3.71. The van der Waals surface area contributed by atoms with E-state index in [0.29, 0.717) is 6.08 Å². The van der Waals surface area contributed by atoms with Gasteiger partial charge in [0.05, 0.1) is 11.5 Å². The first-order chi connectivity index (χ1) is 13.3. The Morgan fingerprint density at radius 1 is 1.18 bits per heavy atom. The minimum absolute atomic E-state index is 0.00738. The summed E-state index contributed by atoms with van der Waals surface area (Å²) in [5, 5.41) is 21.4. The van der Waals surface area contributed by atoms with Crippen molar-refractivity contribution in [3.63, 3.8) is 0 Å². The minimum atomic E-state index is -1.12. The molecular weight excluding hydrogens is 366 g/mol. The molecule has 8 nitrogen and oxygen atoms in total. The Bertz CT molecular complexity index is 917. The number of hydrogen-bond acceptors (Lipinski definition) is 7. The average Bonchev–Trinajstić information content (AvgIpc) is 2.67. The Hall–Kier alpha value is -3.68. The van der Waals surface area contributed by atoms with Gasteiger partial charge in [-0.3, -0.25) is 14.9 Å². The largest absolute Gasteiger partial charge is 0.507 e. The number of rotatable bonds is 8. The van der Waals surface area contributed by atoms with E-state index in [0.717, 1.165) is 17.2 Å². The number of carbonyl (C=O) groups excluding carboxylic acids is 2. The van der Waals surface area contributed by atoms with E-state index in [1.54, 1.807) is 0 Å². The topological polar surface area (TPSA) is 116 Å². The standard InChI is InChI=1S/C20H19NO7/c1-3-27-20(24)18(23)11-17(22)15-8-9-19(16(10-15)21(25)26)28-12-14-6-4-13(2)5-7-14/h4-11,22H,3,12H2,1-2H3/b17-11-. The Morgan fingerprint density at radius 3 is 2.46 bits per heavy atom. The first kappa shape index (κ1) is 20.6. The van der Waals surface area contributed by atoms with E-state index in [2.05, 4.69) is 4.74 Å². The lowest BCUT2D eigenvalue weighted by Crippen LogP contribution is -2.15. The number of ketones is 1. The van der Waals surface area contributed by atoms with Crippen molar-refractivity contribution >= 4 is 23.2 Å². The van der Waals surface area contributed by atoms with Crippen molar-refractivity contribution in [2.75, 3.05) is 6.61 Å². The maximum absolute atomic E-state index is 11.6. The molecule has 0 fully saturated rings. The molecule has 0 spiro atoms. The van der Waals surface area contributed by atoms with Gasteiger partial charge in [-0.25, -0.2) is 4.79 Å². The summed E-state index contributed by atoms with van der Waals surface area (Å²) in [4.78, 5) is 33.6. The van der Waals surface area contributed by atoms with Crippen molar-refractivity contribution in [1.82, 2.24) is 0 Å². The Balaban J connectivity index is 2.21. The van der Waals surface area contributed by atoms with Crippen molar-refractivity contribution in [2.45, 2.75) is 20.5 Å². The van der Waals surface area contributed by atoms with E-state index >= 15 is 0 Å². The number of aryl methyl sites for hydroxylation is 1. The van der Waals surface area contributed by atoms with Crippen LogP contribution in [0.3, 0.4) is 0 Å². The predicted molar refractivity (Wildman–Crippen MR) is 101 cm³/mol. The van der Waals surface area contributed by atoms with Gasteiger partial charge in [-0.05, 0) is 31.5 Å². The van der Waals surface area contributed by atoms with Crippen LogP contribution in [0.5, 0.6) is 5.75 Å². The van der Waals surface area contributed by atoms with E-state index in [1.165, 1.54) is 19.1 Å². The first-order valence-corrected chi connectivity index (χ1v) is 8.40. The maximum atomic E-state index is 11.6. The number of benzene rings is 2. The molecule has 1 N–H and O–H groups in total. The lowest BCUT2D eigenvalue weighted by molar-refractivity contribution is -0.386. The molecule has 0 aliphatic heterocycles. The van der Waals surface area contributed by atoms with Crippen LogP contribution in [0, 0.1) is 17.0 Å². The third-order valence-corrected chi connectivity index (χ3v) is 3.71. The van der Waals surface area contributed by atoms with E-state index in [4.69, 9.17) is 4.74 Å². The SMILES string of the molecule is CCOC(=O)C(=O)/C=C(\O)c1ccc(OCc2ccc(C)cc2)c([N+](=O)[O-])c1. The highest BCUT2D eigenvalue weighted by Crippen LogP contribution is 2.30. The summed E-state index contributed by atoms with van der Waals surface area (Å²) in [6.07, 6.45) is 0.657. The Labute approximate surface area is 161 Å². The highest BCUT2D eigenvalue weighted by Gasteiger charge is 2.19. The predicted octanol–water partition coefficient (Wildman–Crippen LogP) is 3.51. The third kappa shape index (κ3) is 5.41. The summed E-state index contributed by atoms with van der Waals surface area (Å²) in [5.41, 5.74) is 1.53. The number of esters is 1. The molecule has 146 valence electrons. The van der Waals surface area contributed by atoms with Crippen LogP contribution in [-0.4, -0.2) is 28.4 Å². The molecule has 2 rings (SSSR count). The molecule has 2 aromatic carbocycles. The van der Waals surface area contributed by atoms with Gasteiger partial charge < -0.3 is 14.6 Å². The lowest BCUT2D eigenvalue weighted by atomic mass is 10.1. The number of nitro groups is 1. The number of carbonyl (C=O) groups is 2. The van der Waals surface area contributed by atoms with E-state index in [9.17, 15) is 24.8 Å². The van der Waals surface area contributed by atoms with Gasteiger partial charge in [0, 0.05) is 17.7 Å². The summed E-state index contributed by atoms with van der Waals surface area (Å²) in [5.74, 6) is -2.77. The van der Waals surface area contributed by atoms with Gasteiger partial charge in [0.15, 0.2) is 5.75 Å². The molecular formula is C20H19NO7. The number of hydrogen-bond donors (Lipinski definition) is 1. The van der Waals surface area contributed by atoms with E-state index in [-0.39, 0.29) is 30.2 Å². The molecule has 0 atom stereocenters. The number of nitrogens with zero attached hydrogens (tertiary/aromatic N) is 1. The summed E-state index contributed by atoms with van der Waals surface area (Å²) in [7, 11) is 0. The molecule has 0 unspecified atom stereocenters. The van der Waals surface area contributed by atoms with Crippen LogP contribution in [-0.2, 0) is 20.9 Å². The normalized spacial score (nSPS) is 11.0. The fourth-order valence-corrected chi connectivity index (χ4v) is 2.26. The quantitative estimate of drug-likeness (QED) is 0.185. The van der Waals surface area contributed by atoms with Crippen molar-refractivity contribution in [2.24, 2.45) is 0 Å². The van der Waals surface area contributed by atoms with Crippen LogP contribution in [0.1, 0.15) is 23.6 Å². The van der Waals surface area contributed by atoms with E-state index in [1.807, 2.05) is 31.2 Å². The molecule has 28 heavy (non-hydrogen) atoms. The number of aliphatic hydroxyl groups is 1. The summed E-state index contributed by atoms with van der Waals surface area (Å²) < 4.78 is 10.1. The average molecular weight is 385 g/mol. The molecule has 0 aliphatic carbocycles. The molecule has 0 aromatic heterocycles. The molecule has 0 saturated heterocycles. The maximum Gasteiger partial charge on any atom is 0.379 e. The molecule has 8 heteroatoms. The van der Waals surface area contributed by atoms with Gasteiger partial charge in [0.2, 0.25) is 0 Å². The zero-order valence-corrected chi connectivity index (χ0v) is 15.4. The molecule has 0 amide bonds. The first-order valence-electron chi connectivity index (χ1n) is 8.40. The lowest BCUT2D eigenvalue weighted by Gasteiger charge is -2.09.